The molecule has 0 amide bonds. The number of aromatic nitrogens is 1. The summed E-state index contributed by atoms with van der Waals surface area (Å²) < 4.78 is 1.91. The van der Waals surface area contributed by atoms with Crippen molar-refractivity contribution in [2.45, 2.75) is 6.92 Å². The summed E-state index contributed by atoms with van der Waals surface area (Å²) in [7, 11) is 0. The van der Waals surface area contributed by atoms with Gasteiger partial charge < -0.3 is 10.5 Å². The highest BCUT2D eigenvalue weighted by molar-refractivity contribution is 5.86. The molecule has 68 valence electrons. The molecular formula is C10H12N2O. The maximum absolute atomic E-state index is 9.51. The smallest absolute Gasteiger partial charge is 0.125 e. The number of phenols is 1. The Labute approximate surface area is 76.6 Å². The van der Waals surface area contributed by atoms with Crippen molar-refractivity contribution in [3.05, 3.63) is 30.5 Å². The van der Waals surface area contributed by atoms with E-state index < -0.39 is 0 Å². The average Bonchev–Trinajstić information content (AvgIpc) is 2.51. The molecule has 0 saturated carbocycles. The molecule has 3 heteroatoms. The predicted molar refractivity (Wildman–Crippen MR) is 53.5 cm³/mol. The minimum absolute atomic E-state index is 0.328. The number of nitrogens with one attached hydrogen (secondary N) is 1. The van der Waals surface area contributed by atoms with Gasteiger partial charge in [0, 0.05) is 18.1 Å². The standard InChI is InChI=1S/C10H12N2O/c1-2-11-12-7-6-8-9(12)4-3-5-10(8)13/h3-7,11,13H,2H2,1H3. The van der Waals surface area contributed by atoms with Crippen molar-refractivity contribution in [1.29, 1.82) is 0 Å². The molecule has 0 atom stereocenters. The van der Waals surface area contributed by atoms with Crippen molar-refractivity contribution in [3.63, 3.8) is 0 Å². The second kappa shape index (κ2) is 3.01. The first-order chi connectivity index (χ1) is 6.33. The Bertz CT molecular complexity index is 420. The molecule has 0 bridgehead atoms. The van der Waals surface area contributed by atoms with Crippen molar-refractivity contribution >= 4 is 10.9 Å². The van der Waals surface area contributed by atoms with Gasteiger partial charge in [0.15, 0.2) is 0 Å². The summed E-state index contributed by atoms with van der Waals surface area (Å²) in [5, 5.41) is 10.4. The lowest BCUT2D eigenvalue weighted by atomic mass is 10.2. The Morgan fingerprint density at radius 2 is 2.23 bits per heavy atom. The summed E-state index contributed by atoms with van der Waals surface area (Å²) in [5.74, 6) is 0.328. The number of phenolic OH excluding ortho intramolecular Hbond substituents is 1. The first kappa shape index (κ1) is 7.98. The summed E-state index contributed by atoms with van der Waals surface area (Å²) >= 11 is 0. The van der Waals surface area contributed by atoms with Crippen LogP contribution in [0.15, 0.2) is 30.5 Å². The molecule has 0 aliphatic rings. The zero-order valence-electron chi connectivity index (χ0n) is 7.49. The predicted octanol–water partition coefficient (Wildman–Crippen LogP) is 1.91. The van der Waals surface area contributed by atoms with Gasteiger partial charge in [-0.1, -0.05) is 6.07 Å². The molecule has 13 heavy (non-hydrogen) atoms. The van der Waals surface area contributed by atoms with Gasteiger partial charge >= 0.3 is 0 Å². The van der Waals surface area contributed by atoms with E-state index in [1.807, 2.05) is 36.0 Å². The highest BCUT2D eigenvalue weighted by Gasteiger charge is 2.02. The van der Waals surface area contributed by atoms with Crippen molar-refractivity contribution in [3.8, 4) is 5.75 Å². The number of rotatable bonds is 2. The third kappa shape index (κ3) is 1.22. The number of benzene rings is 1. The highest BCUT2D eigenvalue weighted by Crippen LogP contribution is 2.24. The zero-order valence-corrected chi connectivity index (χ0v) is 7.49. The first-order valence-corrected chi connectivity index (χ1v) is 4.36. The monoisotopic (exact) mass is 176 g/mol. The minimum Gasteiger partial charge on any atom is -0.507 e. The Morgan fingerprint density at radius 3 is 3.00 bits per heavy atom. The maximum Gasteiger partial charge on any atom is 0.125 e. The Balaban J connectivity index is 2.61. The fraction of sp³-hybridized carbons (Fsp3) is 0.200. The van der Waals surface area contributed by atoms with Crippen LogP contribution in [0.4, 0.5) is 0 Å². The van der Waals surface area contributed by atoms with Crippen LogP contribution in [0.3, 0.4) is 0 Å². The number of aromatic hydroxyl groups is 1. The molecular weight excluding hydrogens is 164 g/mol. The zero-order chi connectivity index (χ0) is 9.26. The molecule has 2 N–H and O–H groups in total. The van der Waals surface area contributed by atoms with Gasteiger partial charge in [-0.05, 0) is 25.1 Å². The minimum atomic E-state index is 0.328. The largest absolute Gasteiger partial charge is 0.507 e. The summed E-state index contributed by atoms with van der Waals surface area (Å²) in [4.78, 5) is 0. The molecule has 3 nitrogen and oxygen atoms in total. The average molecular weight is 176 g/mol. The molecule has 0 spiro atoms. The maximum atomic E-state index is 9.51. The second-order valence-electron chi connectivity index (χ2n) is 2.91. The lowest BCUT2D eigenvalue weighted by Gasteiger charge is -2.05. The number of hydrogen-bond acceptors (Lipinski definition) is 2. The SMILES string of the molecule is CCNn1ccc2c(O)cccc21. The fourth-order valence-corrected chi connectivity index (χ4v) is 1.46. The van der Waals surface area contributed by atoms with Crippen LogP contribution in [-0.4, -0.2) is 16.3 Å². The van der Waals surface area contributed by atoms with Crippen LogP contribution in [0.5, 0.6) is 5.75 Å². The van der Waals surface area contributed by atoms with Crippen LogP contribution in [0.25, 0.3) is 10.9 Å². The lowest BCUT2D eigenvalue weighted by molar-refractivity contribution is 0.481. The van der Waals surface area contributed by atoms with E-state index in [0.29, 0.717) is 5.75 Å². The lowest BCUT2D eigenvalue weighted by Crippen LogP contribution is -2.11. The summed E-state index contributed by atoms with van der Waals surface area (Å²) in [6, 6.07) is 7.40. The molecule has 1 aromatic heterocycles. The molecule has 0 unspecified atom stereocenters. The topological polar surface area (TPSA) is 37.2 Å². The van der Waals surface area contributed by atoms with Gasteiger partial charge in [-0.15, -0.1) is 0 Å². The van der Waals surface area contributed by atoms with Crippen LogP contribution < -0.4 is 5.43 Å². The molecule has 2 aromatic rings. The highest BCUT2D eigenvalue weighted by atomic mass is 16.3. The van der Waals surface area contributed by atoms with E-state index in [1.165, 1.54) is 0 Å². The van der Waals surface area contributed by atoms with Gasteiger partial charge in [0.2, 0.25) is 0 Å². The van der Waals surface area contributed by atoms with Gasteiger partial charge in [-0.3, -0.25) is 4.68 Å². The van der Waals surface area contributed by atoms with E-state index in [0.717, 1.165) is 17.4 Å². The Morgan fingerprint density at radius 1 is 1.38 bits per heavy atom. The number of nitrogens with zero attached hydrogens (tertiary/aromatic N) is 1. The molecule has 0 aliphatic carbocycles. The molecule has 0 fully saturated rings. The van der Waals surface area contributed by atoms with E-state index in [4.69, 9.17) is 0 Å². The van der Waals surface area contributed by atoms with Crippen molar-refractivity contribution in [2.75, 3.05) is 12.0 Å². The Hall–Kier alpha value is -1.64. The van der Waals surface area contributed by atoms with Crippen LogP contribution >= 0.6 is 0 Å². The van der Waals surface area contributed by atoms with Gasteiger partial charge in [-0.2, -0.15) is 0 Å². The second-order valence-corrected chi connectivity index (χ2v) is 2.91. The summed E-state index contributed by atoms with van der Waals surface area (Å²) in [5.41, 5.74) is 4.16. The third-order valence-corrected chi connectivity index (χ3v) is 2.04. The molecule has 0 radical (unpaired) electrons. The molecule has 2 rings (SSSR count). The van der Waals surface area contributed by atoms with E-state index in [1.54, 1.807) is 6.07 Å². The van der Waals surface area contributed by atoms with Crippen LogP contribution in [-0.2, 0) is 0 Å². The summed E-state index contributed by atoms with van der Waals surface area (Å²) in [6.45, 7) is 2.90. The van der Waals surface area contributed by atoms with Crippen molar-refractivity contribution in [1.82, 2.24) is 4.68 Å². The molecule has 0 aliphatic heterocycles. The van der Waals surface area contributed by atoms with E-state index in [-0.39, 0.29) is 0 Å². The van der Waals surface area contributed by atoms with E-state index >= 15 is 0 Å². The molecule has 0 saturated heterocycles. The molecule has 1 aromatic carbocycles. The number of hydrogen-bond donors (Lipinski definition) is 2. The van der Waals surface area contributed by atoms with Crippen LogP contribution in [0.2, 0.25) is 0 Å². The third-order valence-electron chi connectivity index (χ3n) is 2.04. The van der Waals surface area contributed by atoms with Crippen molar-refractivity contribution < 1.29 is 5.11 Å². The van der Waals surface area contributed by atoms with E-state index in [2.05, 4.69) is 5.43 Å². The van der Waals surface area contributed by atoms with Gasteiger partial charge in [0.1, 0.15) is 5.75 Å². The van der Waals surface area contributed by atoms with Gasteiger partial charge in [0.25, 0.3) is 0 Å². The number of fused-ring (bicyclic) bond motifs is 1. The molecule has 1 heterocycles. The normalized spacial score (nSPS) is 10.5. The summed E-state index contributed by atoms with van der Waals surface area (Å²) in [6.07, 6.45) is 1.91. The quantitative estimate of drug-likeness (QED) is 0.733. The fourth-order valence-electron chi connectivity index (χ4n) is 1.46. The first-order valence-electron chi connectivity index (χ1n) is 4.36. The van der Waals surface area contributed by atoms with Crippen LogP contribution in [0, 0.1) is 0 Å². The van der Waals surface area contributed by atoms with Gasteiger partial charge in [0.05, 0.1) is 5.52 Å². The van der Waals surface area contributed by atoms with E-state index in [9.17, 15) is 5.11 Å². The van der Waals surface area contributed by atoms with Crippen molar-refractivity contribution in [2.24, 2.45) is 0 Å². The van der Waals surface area contributed by atoms with Crippen LogP contribution in [0.1, 0.15) is 6.92 Å². The van der Waals surface area contributed by atoms with Gasteiger partial charge in [-0.25, -0.2) is 0 Å². The Kier molecular flexibility index (Phi) is 1.85.